The Labute approximate surface area is 143 Å². The van der Waals surface area contributed by atoms with E-state index in [4.69, 9.17) is 9.47 Å². The summed E-state index contributed by atoms with van der Waals surface area (Å²) in [4.78, 5) is 23.0. The lowest BCUT2D eigenvalue weighted by atomic mass is 10.2. The number of nitrogens with one attached hydrogen (secondary N) is 2. The monoisotopic (exact) mass is 362 g/mol. The van der Waals surface area contributed by atoms with E-state index in [1.165, 1.54) is 20.8 Å². The zero-order valence-corrected chi connectivity index (χ0v) is 14.1. The van der Waals surface area contributed by atoms with Gasteiger partial charge in [-0.2, -0.15) is 13.2 Å². The molecule has 0 radical (unpaired) electrons. The van der Waals surface area contributed by atoms with Crippen molar-refractivity contribution in [2.45, 2.75) is 45.2 Å². The minimum absolute atomic E-state index is 0.0805. The van der Waals surface area contributed by atoms with Crippen LogP contribution in [0.5, 0.6) is 0 Å². The second-order valence-corrected chi connectivity index (χ2v) is 6.18. The fraction of sp³-hybridized carbons (Fsp3) is 0.500. The number of amides is 2. The van der Waals surface area contributed by atoms with E-state index in [1.54, 1.807) is 35.6 Å². The Bertz CT molecular complexity index is 571. The fourth-order valence-corrected chi connectivity index (χ4v) is 1.66. The van der Waals surface area contributed by atoms with E-state index >= 15 is 0 Å². The maximum atomic E-state index is 13.0. The van der Waals surface area contributed by atoms with Gasteiger partial charge in [0.05, 0.1) is 6.54 Å². The van der Waals surface area contributed by atoms with E-state index in [0.717, 1.165) is 0 Å². The van der Waals surface area contributed by atoms with Gasteiger partial charge in [0, 0.05) is 0 Å². The lowest BCUT2D eigenvalue weighted by Gasteiger charge is -2.25. The number of hydrogen-bond acceptors (Lipinski definition) is 4. The van der Waals surface area contributed by atoms with E-state index in [1.807, 2.05) is 5.32 Å². The number of halogens is 3. The largest absolute Gasteiger partial charge is 0.445 e. The molecule has 2 amide bonds. The van der Waals surface area contributed by atoms with Gasteiger partial charge in [-0.05, 0) is 26.3 Å². The van der Waals surface area contributed by atoms with Crippen LogP contribution in [-0.4, -0.2) is 36.6 Å². The highest BCUT2D eigenvalue weighted by Crippen LogP contribution is 2.20. The Kier molecular flexibility index (Phi) is 7.08. The molecular formula is C16H21F3N2O4. The Balaban J connectivity index is 2.50. The van der Waals surface area contributed by atoms with Gasteiger partial charge in [0.25, 0.3) is 0 Å². The van der Waals surface area contributed by atoms with Crippen LogP contribution in [0.3, 0.4) is 0 Å². The summed E-state index contributed by atoms with van der Waals surface area (Å²) in [6, 6.07) is 6.36. The quantitative estimate of drug-likeness (QED) is 0.842. The van der Waals surface area contributed by atoms with E-state index in [9.17, 15) is 22.8 Å². The number of ether oxygens (including phenoxy) is 2. The van der Waals surface area contributed by atoms with Crippen LogP contribution in [0.25, 0.3) is 0 Å². The van der Waals surface area contributed by atoms with Crippen molar-refractivity contribution in [3.05, 3.63) is 35.9 Å². The van der Waals surface area contributed by atoms with E-state index in [2.05, 4.69) is 0 Å². The summed E-state index contributed by atoms with van der Waals surface area (Å²) in [6.45, 7) is 3.61. The minimum atomic E-state index is -4.76. The lowest BCUT2D eigenvalue weighted by Crippen LogP contribution is -2.53. The molecule has 0 aromatic heterocycles. The number of alkyl carbamates (subject to hydrolysis) is 2. The zero-order valence-electron chi connectivity index (χ0n) is 14.1. The normalized spacial score (nSPS) is 12.9. The molecule has 0 aliphatic heterocycles. The highest BCUT2D eigenvalue weighted by Gasteiger charge is 2.41. The van der Waals surface area contributed by atoms with Gasteiger partial charge in [-0.15, -0.1) is 0 Å². The number of carbonyl (C=O) groups excluding carboxylic acids is 2. The number of alkyl halides is 3. The zero-order chi connectivity index (χ0) is 19.1. The molecule has 0 aliphatic rings. The maximum Gasteiger partial charge on any atom is 0.410 e. The smallest absolute Gasteiger partial charge is 0.410 e. The average Bonchev–Trinajstić information content (AvgIpc) is 2.47. The Morgan fingerprint density at radius 3 is 2.20 bits per heavy atom. The molecule has 1 atom stereocenters. The van der Waals surface area contributed by atoms with Gasteiger partial charge in [0.1, 0.15) is 18.2 Å². The van der Waals surface area contributed by atoms with Crippen molar-refractivity contribution in [2.24, 2.45) is 0 Å². The number of benzene rings is 1. The molecular weight excluding hydrogens is 341 g/mol. The number of carbonyl (C=O) groups is 2. The first-order chi connectivity index (χ1) is 11.5. The molecule has 0 saturated carbocycles. The molecule has 1 aromatic carbocycles. The number of rotatable bonds is 5. The Morgan fingerprint density at radius 1 is 1.08 bits per heavy atom. The van der Waals surface area contributed by atoms with Gasteiger partial charge in [0.2, 0.25) is 0 Å². The van der Waals surface area contributed by atoms with Crippen LogP contribution >= 0.6 is 0 Å². The van der Waals surface area contributed by atoms with Crippen LogP contribution in [0.15, 0.2) is 30.3 Å². The van der Waals surface area contributed by atoms with Crippen molar-refractivity contribution in [1.82, 2.24) is 10.6 Å². The van der Waals surface area contributed by atoms with Crippen LogP contribution in [0.4, 0.5) is 22.8 Å². The first-order valence-corrected chi connectivity index (χ1v) is 7.48. The van der Waals surface area contributed by atoms with Crippen molar-refractivity contribution in [2.75, 3.05) is 6.54 Å². The summed E-state index contributed by atoms with van der Waals surface area (Å²) >= 11 is 0. The van der Waals surface area contributed by atoms with Gasteiger partial charge in [-0.3, -0.25) is 0 Å². The predicted octanol–water partition coefficient (Wildman–Crippen LogP) is 3.37. The van der Waals surface area contributed by atoms with E-state index in [-0.39, 0.29) is 6.61 Å². The van der Waals surface area contributed by atoms with Gasteiger partial charge >= 0.3 is 18.4 Å². The molecule has 1 rings (SSSR count). The molecule has 0 fully saturated rings. The first-order valence-electron chi connectivity index (χ1n) is 7.48. The molecule has 0 unspecified atom stereocenters. The van der Waals surface area contributed by atoms with Crippen molar-refractivity contribution in [1.29, 1.82) is 0 Å². The summed E-state index contributed by atoms with van der Waals surface area (Å²) in [6.07, 6.45) is -7.01. The van der Waals surface area contributed by atoms with Gasteiger partial charge in [-0.25, -0.2) is 9.59 Å². The third-order valence-electron chi connectivity index (χ3n) is 2.75. The van der Waals surface area contributed by atoms with Crippen molar-refractivity contribution in [3.63, 3.8) is 0 Å². The summed E-state index contributed by atoms with van der Waals surface area (Å²) in [5.41, 5.74) is -0.251. The van der Waals surface area contributed by atoms with Crippen molar-refractivity contribution < 1.29 is 32.2 Å². The molecule has 0 aliphatic carbocycles. The van der Waals surface area contributed by atoms with Crippen LogP contribution in [0.1, 0.15) is 26.3 Å². The first kappa shape index (κ1) is 20.6. The molecule has 1 aromatic rings. The molecule has 6 nitrogen and oxygen atoms in total. The highest BCUT2D eigenvalue weighted by molar-refractivity contribution is 5.69. The summed E-state index contributed by atoms with van der Waals surface area (Å²) < 4.78 is 48.5. The van der Waals surface area contributed by atoms with Crippen LogP contribution in [0, 0.1) is 0 Å². The standard InChI is InChI=1S/C16H21F3N2O4/c1-15(2,3)25-14(23)21-12(16(17,18)19)9-20-13(22)24-10-11-7-5-4-6-8-11/h4-8,12H,9-10H2,1-3H3,(H,20,22)(H,21,23)/t12-/m0/s1. The highest BCUT2D eigenvalue weighted by atomic mass is 19.4. The van der Waals surface area contributed by atoms with Gasteiger partial charge in [0.15, 0.2) is 0 Å². The molecule has 9 heteroatoms. The molecule has 140 valence electrons. The minimum Gasteiger partial charge on any atom is -0.445 e. The van der Waals surface area contributed by atoms with Gasteiger partial charge in [-0.1, -0.05) is 30.3 Å². The summed E-state index contributed by atoms with van der Waals surface area (Å²) in [5.74, 6) is 0. The third kappa shape index (κ3) is 8.83. The van der Waals surface area contributed by atoms with E-state index in [0.29, 0.717) is 5.56 Å². The predicted molar refractivity (Wildman–Crippen MR) is 83.8 cm³/mol. The number of hydrogen-bond donors (Lipinski definition) is 2. The SMILES string of the molecule is CC(C)(C)OC(=O)N[C@@H](CNC(=O)OCc1ccccc1)C(F)(F)F. The average molecular weight is 362 g/mol. The molecule has 25 heavy (non-hydrogen) atoms. The van der Waals surface area contributed by atoms with Crippen LogP contribution in [-0.2, 0) is 16.1 Å². The molecule has 0 bridgehead atoms. The lowest BCUT2D eigenvalue weighted by molar-refractivity contribution is -0.153. The Hall–Kier alpha value is -2.45. The summed E-state index contributed by atoms with van der Waals surface area (Å²) in [7, 11) is 0. The summed E-state index contributed by atoms with van der Waals surface area (Å²) in [5, 5.41) is 3.66. The molecule has 2 N–H and O–H groups in total. The second-order valence-electron chi connectivity index (χ2n) is 6.18. The van der Waals surface area contributed by atoms with Gasteiger partial charge < -0.3 is 20.1 Å². The topological polar surface area (TPSA) is 76.7 Å². The maximum absolute atomic E-state index is 13.0. The Morgan fingerprint density at radius 2 is 1.68 bits per heavy atom. The van der Waals surface area contributed by atoms with Crippen LogP contribution in [0.2, 0.25) is 0 Å². The third-order valence-corrected chi connectivity index (χ3v) is 2.75. The molecule has 0 saturated heterocycles. The van der Waals surface area contributed by atoms with Crippen molar-refractivity contribution in [3.8, 4) is 0 Å². The molecule has 0 spiro atoms. The fourth-order valence-electron chi connectivity index (χ4n) is 1.66. The van der Waals surface area contributed by atoms with Crippen LogP contribution < -0.4 is 10.6 Å². The van der Waals surface area contributed by atoms with Crippen molar-refractivity contribution >= 4 is 12.2 Å². The second kappa shape index (κ2) is 8.59. The van der Waals surface area contributed by atoms with E-state index < -0.39 is 36.6 Å². The molecule has 0 heterocycles.